The van der Waals surface area contributed by atoms with E-state index in [1.807, 2.05) is 0 Å². The Bertz CT molecular complexity index is 155. The molecule has 0 spiro atoms. The Morgan fingerprint density at radius 2 is 0.714 bits per heavy atom. The Morgan fingerprint density at radius 3 is 1.05 bits per heavy atom. The Kier molecular flexibility index (Phi) is 21.1. The van der Waals surface area contributed by atoms with Gasteiger partial charge >= 0.3 is 142 Å². The number of unbranched alkanes of at least 4 members (excludes halogenated alkanes) is 14. The second-order valence-electron chi connectivity index (χ2n) is 6.82. The molecule has 0 saturated carbocycles. The van der Waals surface area contributed by atoms with Crippen molar-refractivity contribution in [2.75, 3.05) is 0 Å². The number of hydrogen-bond donors (Lipinski definition) is 0. The molecule has 0 unspecified atom stereocenters. The van der Waals surface area contributed by atoms with Gasteiger partial charge in [0.05, 0.1) is 0 Å². The van der Waals surface area contributed by atoms with Crippen molar-refractivity contribution in [1.29, 1.82) is 0 Å². The molecule has 0 aromatic heterocycles. The summed E-state index contributed by atoms with van der Waals surface area (Å²) in [4.78, 5) is 0. The van der Waals surface area contributed by atoms with Crippen LogP contribution >= 0.6 is 0 Å². The fourth-order valence-corrected chi connectivity index (χ4v) is 4.43. The van der Waals surface area contributed by atoms with E-state index in [1.54, 1.807) is 10.6 Å². The van der Waals surface area contributed by atoms with Crippen molar-refractivity contribution in [2.24, 2.45) is 0 Å². The van der Waals surface area contributed by atoms with E-state index in [9.17, 15) is 0 Å². The average Bonchev–Trinajstić information content (AvgIpc) is 2.50. The van der Waals surface area contributed by atoms with Crippen LogP contribution in [0, 0.1) is 0 Å². The Hall–Kier alpha value is 0.532. The third-order valence-electron chi connectivity index (χ3n) is 4.52. The Morgan fingerprint density at radius 1 is 0.429 bits per heavy atom. The summed E-state index contributed by atoms with van der Waals surface area (Å²) in [7, 11) is 0. The molecule has 0 aliphatic heterocycles. The zero-order valence-corrected chi connectivity index (χ0v) is 16.5. The van der Waals surface area contributed by atoms with Crippen LogP contribution in [0.1, 0.15) is 118 Å². The van der Waals surface area contributed by atoms with Crippen LogP contribution in [-0.2, 0) is 0 Å². The fourth-order valence-electron chi connectivity index (χ4n) is 2.99. The quantitative estimate of drug-likeness (QED) is 0.178. The number of hydrogen-bond acceptors (Lipinski definition) is 0. The van der Waals surface area contributed by atoms with Crippen molar-refractivity contribution >= 4 is 15.2 Å². The van der Waals surface area contributed by atoms with E-state index in [0.717, 1.165) is 15.2 Å². The van der Waals surface area contributed by atoms with Crippen molar-refractivity contribution in [1.82, 2.24) is 0 Å². The van der Waals surface area contributed by atoms with Gasteiger partial charge in [-0.3, -0.25) is 0 Å². The summed E-state index contributed by atoms with van der Waals surface area (Å²) in [5.74, 6) is 0. The maximum absolute atomic E-state index is 2.30. The van der Waals surface area contributed by atoms with Crippen molar-refractivity contribution in [3.63, 3.8) is 0 Å². The molecule has 0 bridgehead atoms. The van der Waals surface area contributed by atoms with Gasteiger partial charge in [-0.15, -0.1) is 0 Å². The van der Waals surface area contributed by atoms with Gasteiger partial charge < -0.3 is 1.43 Å². The van der Waals surface area contributed by atoms with E-state index in [2.05, 4.69) is 13.8 Å². The topological polar surface area (TPSA) is 0 Å². The van der Waals surface area contributed by atoms with Gasteiger partial charge in [0, 0.05) is 0 Å². The van der Waals surface area contributed by atoms with Gasteiger partial charge in [0.25, 0.3) is 0 Å². The van der Waals surface area contributed by atoms with E-state index < -0.39 is 0 Å². The van der Waals surface area contributed by atoms with E-state index in [1.165, 1.54) is 103 Å². The summed E-state index contributed by atoms with van der Waals surface area (Å²) in [6, 6.07) is 0. The van der Waals surface area contributed by atoms with Gasteiger partial charge in [0.2, 0.25) is 0 Å². The first-order chi connectivity index (χ1) is 10.4. The smallest absolute Gasteiger partial charge is 1.00 e. The van der Waals surface area contributed by atoms with Crippen LogP contribution in [0.3, 0.4) is 0 Å². The van der Waals surface area contributed by atoms with Crippen LogP contribution in [0.4, 0.5) is 0 Å². The molecule has 0 saturated heterocycles. The molecule has 0 aromatic carbocycles. The van der Waals surface area contributed by atoms with Crippen LogP contribution in [0.15, 0.2) is 0 Å². The number of rotatable bonds is 18. The molecule has 0 aliphatic rings. The minimum absolute atomic E-state index is 0. The third kappa shape index (κ3) is 20.5. The minimum atomic E-state index is 0. The summed E-state index contributed by atoms with van der Waals surface area (Å²) in [5, 5.41) is 3.15. The maximum Gasteiger partial charge on any atom is -1.00 e. The molecule has 0 aliphatic carbocycles. The molecule has 0 nitrogen and oxygen atoms in total. The van der Waals surface area contributed by atoms with Gasteiger partial charge in [-0.25, -0.2) is 0 Å². The molecular weight excluding hydrogens is 267 g/mol. The normalized spacial score (nSPS) is 10.8. The van der Waals surface area contributed by atoms with Crippen LogP contribution < -0.4 is 0 Å². The Balaban J connectivity index is 0. The summed E-state index contributed by atoms with van der Waals surface area (Å²) >= 11 is 0.786. The molecule has 0 atom stereocenters. The first-order valence-corrected chi connectivity index (χ1v) is 11.9. The van der Waals surface area contributed by atoms with Crippen molar-refractivity contribution in [3.05, 3.63) is 0 Å². The summed E-state index contributed by atoms with van der Waals surface area (Å²) in [5.41, 5.74) is 0. The van der Waals surface area contributed by atoms with E-state index in [-0.39, 0.29) is 1.43 Å². The summed E-state index contributed by atoms with van der Waals surface area (Å²) < 4.78 is 0. The molecule has 0 N–H and O–H groups in total. The zero-order valence-electron chi connectivity index (χ0n) is 16.3. The van der Waals surface area contributed by atoms with Gasteiger partial charge in [0.1, 0.15) is 0 Å². The van der Waals surface area contributed by atoms with E-state index in [0.29, 0.717) is 0 Å². The molecular formula is C20H43Al. The van der Waals surface area contributed by atoms with Gasteiger partial charge in [-0.1, -0.05) is 0 Å². The van der Waals surface area contributed by atoms with Crippen molar-refractivity contribution in [3.8, 4) is 0 Å². The molecule has 0 amide bonds. The summed E-state index contributed by atoms with van der Waals surface area (Å²) in [6.45, 7) is 4.60. The largest absolute Gasteiger partial charge is 1.00 e. The zero-order chi connectivity index (χ0) is 15.4. The van der Waals surface area contributed by atoms with Gasteiger partial charge in [-0.2, -0.15) is 0 Å². The molecule has 0 rings (SSSR count). The Labute approximate surface area is 144 Å². The van der Waals surface area contributed by atoms with Crippen LogP contribution in [-0.4, -0.2) is 15.2 Å². The van der Waals surface area contributed by atoms with Crippen molar-refractivity contribution in [2.45, 2.75) is 127 Å². The standard InChI is InChI=1S/2C10H21.Al.H/c2*1-3-5-7-9-10-8-6-4-2;;/h2*1,3-10H2,2H3;;/q;;+1;-1. The second-order valence-corrected chi connectivity index (χ2v) is 8.55. The molecule has 126 valence electrons. The van der Waals surface area contributed by atoms with Crippen molar-refractivity contribution < 1.29 is 1.43 Å². The second kappa shape index (κ2) is 20.5. The maximum atomic E-state index is 2.30. The SMILES string of the molecule is CCCCCCCCC[CH2][Al+][CH2]CCCCCCCCC.[H-]. The van der Waals surface area contributed by atoms with E-state index >= 15 is 0 Å². The summed E-state index contributed by atoms with van der Waals surface area (Å²) in [6.07, 6.45) is 23.6. The molecule has 0 fully saturated rings. The molecule has 0 heterocycles. The fraction of sp³-hybridized carbons (Fsp3) is 1.00. The van der Waals surface area contributed by atoms with Gasteiger partial charge in [-0.05, 0) is 0 Å². The van der Waals surface area contributed by atoms with E-state index in [4.69, 9.17) is 0 Å². The monoisotopic (exact) mass is 310 g/mol. The van der Waals surface area contributed by atoms with Gasteiger partial charge in [0.15, 0.2) is 0 Å². The molecule has 21 heavy (non-hydrogen) atoms. The van der Waals surface area contributed by atoms with Crippen LogP contribution in [0.25, 0.3) is 0 Å². The minimum Gasteiger partial charge on any atom is -1.00 e. The predicted octanol–water partition coefficient (Wildman–Crippen LogP) is 7.92. The first kappa shape index (κ1) is 21.5. The molecule has 0 radical (unpaired) electrons. The third-order valence-corrected chi connectivity index (χ3v) is 6.16. The average molecular weight is 311 g/mol. The first-order valence-electron chi connectivity index (χ1n) is 10.2. The van der Waals surface area contributed by atoms with Crippen LogP contribution in [0.5, 0.6) is 0 Å². The molecule has 1 heteroatoms. The predicted molar refractivity (Wildman–Crippen MR) is 102 cm³/mol. The van der Waals surface area contributed by atoms with Crippen LogP contribution in [0.2, 0.25) is 10.6 Å². The molecule has 0 aromatic rings.